The van der Waals surface area contributed by atoms with E-state index >= 15 is 0 Å². The second-order valence-corrected chi connectivity index (χ2v) is 9.12. The summed E-state index contributed by atoms with van der Waals surface area (Å²) in [5, 5.41) is 40.1. The lowest BCUT2D eigenvalue weighted by molar-refractivity contribution is -0.288. The molecule has 0 radical (unpaired) electrons. The maximum absolute atomic E-state index is 10.5. The molecule has 9 nitrogen and oxygen atoms in total. The zero-order chi connectivity index (χ0) is 25.6. The van der Waals surface area contributed by atoms with Crippen molar-refractivity contribution >= 4 is 21.8 Å². The van der Waals surface area contributed by atoms with Crippen LogP contribution in [0, 0.1) is 56.2 Å². The van der Waals surface area contributed by atoms with E-state index in [1.807, 2.05) is 12.1 Å². The van der Waals surface area contributed by atoms with Crippen LogP contribution >= 0.6 is 15.9 Å². The van der Waals surface area contributed by atoms with E-state index in [9.17, 15) is 15.8 Å². The minimum atomic E-state index is -2.15. The normalized spacial score (nSPS) is 28.1. The average molecular weight is 537 g/mol. The second-order valence-electron chi connectivity index (χ2n) is 8.20. The Morgan fingerprint density at radius 2 is 1.54 bits per heavy atom. The zero-order valence-electron chi connectivity index (χ0n) is 19.4. The molecule has 4 atom stereocenters. The first kappa shape index (κ1) is 24.3. The largest absolute Gasteiger partial charge is 0.493 e. The van der Waals surface area contributed by atoms with Crippen molar-refractivity contribution in [1.29, 1.82) is 21.2 Å². The zero-order valence-corrected chi connectivity index (χ0v) is 21.0. The van der Waals surface area contributed by atoms with Crippen molar-refractivity contribution in [2.75, 3.05) is 21.3 Å². The van der Waals surface area contributed by atoms with E-state index in [-0.39, 0.29) is 17.1 Å². The number of rotatable bonds is 5. The standard InChI is InChI=1S/C25H21BrN4O5/c1-14-24(13-29)22(30)35-25(14,15-5-7-16(26)8-6-15)34-21(23(24,11-27)12-28)17-9-10-18(31-2)20(33-4)19(17)32-3/h5-10,14,21,30H,1-4H3. The monoisotopic (exact) mass is 536 g/mol. The van der Waals surface area contributed by atoms with Gasteiger partial charge in [-0.2, -0.15) is 15.8 Å². The van der Waals surface area contributed by atoms with Gasteiger partial charge in [-0.15, -0.1) is 0 Å². The maximum Gasteiger partial charge on any atom is 0.244 e. The molecule has 10 heteroatoms. The van der Waals surface area contributed by atoms with Crippen LogP contribution in [0.2, 0.25) is 0 Å². The molecule has 0 amide bonds. The van der Waals surface area contributed by atoms with Gasteiger partial charge in [0.25, 0.3) is 0 Å². The molecule has 2 heterocycles. The van der Waals surface area contributed by atoms with Crippen molar-refractivity contribution in [3.8, 4) is 35.5 Å². The molecule has 2 aromatic carbocycles. The van der Waals surface area contributed by atoms with Crippen molar-refractivity contribution in [2.45, 2.75) is 18.8 Å². The van der Waals surface area contributed by atoms with E-state index in [4.69, 9.17) is 29.1 Å². The van der Waals surface area contributed by atoms with E-state index in [0.717, 1.165) is 4.47 Å². The van der Waals surface area contributed by atoms with Gasteiger partial charge in [0, 0.05) is 15.6 Å². The van der Waals surface area contributed by atoms with Crippen LogP contribution in [-0.2, 0) is 15.3 Å². The first-order valence-corrected chi connectivity index (χ1v) is 11.3. The predicted octanol–water partition coefficient (Wildman–Crippen LogP) is 4.59. The van der Waals surface area contributed by atoms with Gasteiger partial charge >= 0.3 is 0 Å². The molecule has 4 rings (SSSR count). The van der Waals surface area contributed by atoms with E-state index in [1.165, 1.54) is 21.3 Å². The Hall–Kier alpha value is -3.78. The van der Waals surface area contributed by atoms with Gasteiger partial charge in [0.1, 0.15) is 6.10 Å². The highest BCUT2D eigenvalue weighted by molar-refractivity contribution is 9.10. The summed E-state index contributed by atoms with van der Waals surface area (Å²) < 4.78 is 29.9. The molecule has 1 N–H and O–H groups in total. The molecular formula is C25H21BrN4O5. The molecule has 4 unspecified atom stereocenters. The Morgan fingerprint density at radius 3 is 2.06 bits per heavy atom. The topological polar surface area (TPSA) is 141 Å². The second kappa shape index (κ2) is 8.46. The summed E-state index contributed by atoms with van der Waals surface area (Å²) in [6.07, 6.45) is -1.35. The van der Waals surface area contributed by atoms with Gasteiger partial charge in [-0.05, 0) is 24.3 Å². The molecule has 0 aliphatic carbocycles. The van der Waals surface area contributed by atoms with Crippen LogP contribution in [0.1, 0.15) is 24.2 Å². The molecule has 178 valence electrons. The fourth-order valence-electron chi connectivity index (χ4n) is 5.16. The summed E-state index contributed by atoms with van der Waals surface area (Å²) in [6.45, 7) is 1.65. The van der Waals surface area contributed by atoms with Crippen molar-refractivity contribution in [3.05, 3.63) is 52.0 Å². The van der Waals surface area contributed by atoms with Gasteiger partial charge in [-0.3, -0.25) is 5.41 Å². The average Bonchev–Trinajstić information content (AvgIpc) is 3.04. The fourth-order valence-corrected chi connectivity index (χ4v) is 5.42. The first-order valence-electron chi connectivity index (χ1n) is 10.5. The maximum atomic E-state index is 10.5. The van der Waals surface area contributed by atoms with Crippen LogP contribution in [0.15, 0.2) is 40.9 Å². The minimum absolute atomic E-state index is 0.172. The third-order valence-corrected chi connectivity index (χ3v) is 7.46. The predicted molar refractivity (Wildman–Crippen MR) is 125 cm³/mol. The fraction of sp³-hybridized carbons (Fsp3) is 0.360. The molecule has 2 saturated heterocycles. The summed E-state index contributed by atoms with van der Waals surface area (Å²) in [7, 11) is 4.30. The van der Waals surface area contributed by atoms with Crippen molar-refractivity contribution in [2.24, 2.45) is 16.7 Å². The van der Waals surface area contributed by atoms with Crippen LogP contribution < -0.4 is 14.2 Å². The molecule has 2 bridgehead atoms. The third-order valence-electron chi connectivity index (χ3n) is 6.93. The summed E-state index contributed by atoms with van der Waals surface area (Å²) >= 11 is 3.40. The lowest BCUT2D eigenvalue weighted by Crippen LogP contribution is -2.57. The van der Waals surface area contributed by atoms with Crippen LogP contribution in [0.5, 0.6) is 17.2 Å². The number of ether oxygens (including phenoxy) is 5. The Bertz CT molecular complexity index is 1310. The third kappa shape index (κ3) is 2.89. The molecule has 2 aliphatic heterocycles. The highest BCUT2D eigenvalue weighted by atomic mass is 79.9. The molecule has 0 spiro atoms. The quantitative estimate of drug-likeness (QED) is 0.584. The highest BCUT2D eigenvalue weighted by Gasteiger charge is 2.80. The number of benzene rings is 2. The van der Waals surface area contributed by atoms with Crippen molar-refractivity contribution in [3.63, 3.8) is 0 Å². The van der Waals surface area contributed by atoms with Gasteiger partial charge in [-0.1, -0.05) is 35.0 Å². The summed E-state index contributed by atoms with van der Waals surface area (Å²) in [5.41, 5.74) is -3.28. The van der Waals surface area contributed by atoms with Crippen LogP contribution in [0.4, 0.5) is 0 Å². The molecule has 2 aromatic rings. The smallest absolute Gasteiger partial charge is 0.244 e. The number of nitriles is 3. The molecule has 0 aromatic heterocycles. The molecule has 35 heavy (non-hydrogen) atoms. The van der Waals surface area contributed by atoms with E-state index in [1.54, 1.807) is 43.3 Å². The number of fused-ring (bicyclic) bond motifs is 2. The Morgan fingerprint density at radius 1 is 0.914 bits per heavy atom. The van der Waals surface area contributed by atoms with Crippen LogP contribution in [0.3, 0.4) is 0 Å². The van der Waals surface area contributed by atoms with Gasteiger partial charge in [0.05, 0.1) is 45.5 Å². The Balaban J connectivity index is 2.08. The van der Waals surface area contributed by atoms with Crippen LogP contribution in [0.25, 0.3) is 0 Å². The Kier molecular flexibility index (Phi) is 5.89. The molecule has 2 fully saturated rings. The summed E-state index contributed by atoms with van der Waals surface area (Å²) in [6, 6.07) is 16.4. The number of methoxy groups -OCH3 is 3. The Labute approximate surface area is 211 Å². The molecule has 0 saturated carbocycles. The highest BCUT2D eigenvalue weighted by Crippen LogP contribution is 2.69. The van der Waals surface area contributed by atoms with Gasteiger partial charge in [-0.25, -0.2) is 0 Å². The van der Waals surface area contributed by atoms with E-state index in [2.05, 4.69) is 22.0 Å². The number of nitrogens with zero attached hydrogens (tertiary/aromatic N) is 3. The number of hydrogen-bond acceptors (Lipinski definition) is 9. The van der Waals surface area contributed by atoms with Gasteiger partial charge in [0.15, 0.2) is 16.9 Å². The number of hydrogen-bond donors (Lipinski definition) is 1. The minimum Gasteiger partial charge on any atom is -0.493 e. The van der Waals surface area contributed by atoms with E-state index < -0.39 is 34.5 Å². The molecular weight excluding hydrogens is 516 g/mol. The lowest BCUT2D eigenvalue weighted by atomic mass is 9.53. The number of halogens is 1. The first-order chi connectivity index (χ1) is 16.8. The van der Waals surface area contributed by atoms with Crippen LogP contribution in [-0.4, -0.2) is 27.2 Å². The van der Waals surface area contributed by atoms with E-state index in [0.29, 0.717) is 11.3 Å². The SMILES string of the molecule is COc1ccc(C2OC3(c4ccc(Br)cc4)OC(=N)C(C#N)(C3C)C2(C#N)C#N)c(OC)c1OC. The van der Waals surface area contributed by atoms with Crippen molar-refractivity contribution in [1.82, 2.24) is 0 Å². The molecule has 2 aliphatic rings. The summed E-state index contributed by atoms with van der Waals surface area (Å²) in [4.78, 5) is 0. The van der Waals surface area contributed by atoms with Crippen molar-refractivity contribution < 1.29 is 23.7 Å². The summed E-state index contributed by atoms with van der Waals surface area (Å²) in [5.74, 6) is -2.23. The van der Waals surface area contributed by atoms with Gasteiger partial charge < -0.3 is 23.7 Å². The lowest BCUT2D eigenvalue weighted by Gasteiger charge is -2.49. The number of nitrogens with one attached hydrogen (secondary N) is 1. The van der Waals surface area contributed by atoms with Gasteiger partial charge in [0.2, 0.25) is 22.8 Å².